The second-order valence-corrected chi connectivity index (χ2v) is 4.93. The van der Waals surface area contributed by atoms with E-state index in [2.05, 4.69) is 16.8 Å². The van der Waals surface area contributed by atoms with Gasteiger partial charge in [0.15, 0.2) is 0 Å². The number of hydrogen-bond donors (Lipinski definition) is 0. The summed E-state index contributed by atoms with van der Waals surface area (Å²) in [4.78, 5) is 4.81. The van der Waals surface area contributed by atoms with Crippen molar-refractivity contribution in [1.82, 2.24) is 9.80 Å². The molecule has 94 valence electrons. The van der Waals surface area contributed by atoms with Crippen molar-refractivity contribution < 1.29 is 9.47 Å². The third kappa shape index (κ3) is 2.94. The van der Waals surface area contributed by atoms with E-state index in [1.807, 2.05) is 0 Å². The molecule has 2 atom stereocenters. The predicted octanol–water partition coefficient (Wildman–Crippen LogP) is 0.428. The zero-order chi connectivity index (χ0) is 11.4. The minimum Gasteiger partial charge on any atom is -0.383 e. The Morgan fingerprint density at radius 1 is 1.12 bits per heavy atom. The summed E-state index contributed by atoms with van der Waals surface area (Å²) in [7, 11) is 3.95. The minimum atomic E-state index is 0.639. The van der Waals surface area contributed by atoms with E-state index in [-0.39, 0.29) is 0 Å². The quantitative estimate of drug-likeness (QED) is 0.590. The Morgan fingerprint density at radius 3 is 2.44 bits per heavy atom. The molecule has 0 spiro atoms. The van der Waals surface area contributed by atoms with Crippen LogP contribution in [0.3, 0.4) is 0 Å². The Morgan fingerprint density at radius 2 is 1.94 bits per heavy atom. The monoisotopic (exact) mass is 228 g/mol. The molecule has 0 N–H and O–H groups in total. The van der Waals surface area contributed by atoms with Crippen LogP contribution in [-0.4, -0.2) is 75.5 Å². The van der Waals surface area contributed by atoms with Gasteiger partial charge >= 0.3 is 0 Å². The van der Waals surface area contributed by atoms with Crippen molar-refractivity contribution in [2.24, 2.45) is 0 Å². The predicted molar refractivity (Wildman–Crippen MR) is 63.7 cm³/mol. The van der Waals surface area contributed by atoms with Gasteiger partial charge in [0.25, 0.3) is 0 Å². The molecule has 2 heterocycles. The summed E-state index contributed by atoms with van der Waals surface area (Å²) < 4.78 is 10.9. The van der Waals surface area contributed by atoms with E-state index in [4.69, 9.17) is 9.47 Å². The molecule has 0 aromatic carbocycles. The van der Waals surface area contributed by atoms with Crippen LogP contribution < -0.4 is 0 Å². The fraction of sp³-hybridized carbons (Fsp3) is 1.00. The van der Waals surface area contributed by atoms with Gasteiger partial charge in [-0.2, -0.15) is 0 Å². The summed E-state index contributed by atoms with van der Waals surface area (Å²) in [6, 6.07) is 1.31. The first kappa shape index (κ1) is 12.3. The Bertz CT molecular complexity index is 213. The van der Waals surface area contributed by atoms with Crippen molar-refractivity contribution in [3.8, 4) is 0 Å². The fourth-order valence-corrected chi connectivity index (χ4v) is 2.35. The molecule has 0 unspecified atom stereocenters. The van der Waals surface area contributed by atoms with Gasteiger partial charge in [-0.3, -0.25) is 4.90 Å². The molecule has 0 saturated carbocycles. The summed E-state index contributed by atoms with van der Waals surface area (Å²) in [6.07, 6.45) is 2.58. The van der Waals surface area contributed by atoms with Crippen LogP contribution in [0.5, 0.6) is 0 Å². The number of methoxy groups -OCH3 is 1. The molecule has 0 radical (unpaired) electrons. The molecule has 2 rings (SSSR count). The van der Waals surface area contributed by atoms with E-state index in [9.17, 15) is 0 Å². The van der Waals surface area contributed by atoms with Crippen molar-refractivity contribution in [2.45, 2.75) is 24.9 Å². The van der Waals surface area contributed by atoms with Crippen molar-refractivity contribution in [3.63, 3.8) is 0 Å². The van der Waals surface area contributed by atoms with Crippen LogP contribution in [0.25, 0.3) is 0 Å². The fourth-order valence-electron chi connectivity index (χ4n) is 2.35. The molecular formula is C12H24N2O2. The van der Waals surface area contributed by atoms with Gasteiger partial charge in [0.2, 0.25) is 0 Å². The number of rotatable bonds is 7. The highest BCUT2D eigenvalue weighted by molar-refractivity contribution is 4.82. The molecular weight excluding hydrogens is 204 g/mol. The van der Waals surface area contributed by atoms with Gasteiger partial charge in [0, 0.05) is 32.3 Å². The average molecular weight is 228 g/mol. The minimum absolute atomic E-state index is 0.639. The topological polar surface area (TPSA) is 24.9 Å². The van der Waals surface area contributed by atoms with Crippen LogP contribution in [-0.2, 0) is 9.47 Å². The molecule has 4 heteroatoms. The van der Waals surface area contributed by atoms with Gasteiger partial charge in [0.05, 0.1) is 19.8 Å². The Kier molecular flexibility index (Phi) is 4.58. The first-order valence-electron chi connectivity index (χ1n) is 6.32. The van der Waals surface area contributed by atoms with E-state index in [0.717, 1.165) is 26.4 Å². The zero-order valence-electron chi connectivity index (χ0n) is 10.5. The lowest BCUT2D eigenvalue weighted by Gasteiger charge is -2.41. The number of likely N-dealkylation sites (N-methyl/N-ethyl adjacent to an activating group) is 1. The normalized spacial score (nSPS) is 31.1. The summed E-state index contributed by atoms with van der Waals surface area (Å²) in [5.41, 5.74) is 0. The van der Waals surface area contributed by atoms with Gasteiger partial charge in [0.1, 0.15) is 0 Å². The molecule has 16 heavy (non-hydrogen) atoms. The molecule has 0 aromatic rings. The summed E-state index contributed by atoms with van der Waals surface area (Å²) in [5.74, 6) is 0. The number of hydrogen-bond acceptors (Lipinski definition) is 4. The van der Waals surface area contributed by atoms with Gasteiger partial charge < -0.3 is 14.4 Å². The SMILES string of the molecule is COC[C@@H]1CCN1CCOC[C@H]1CCN1C. The lowest BCUT2D eigenvalue weighted by molar-refractivity contribution is -0.0188. The molecule has 4 nitrogen and oxygen atoms in total. The molecule has 0 aliphatic carbocycles. The van der Waals surface area contributed by atoms with Gasteiger partial charge in [-0.25, -0.2) is 0 Å². The molecule has 0 aromatic heterocycles. The van der Waals surface area contributed by atoms with Crippen molar-refractivity contribution in [2.75, 3.05) is 53.6 Å². The first-order valence-corrected chi connectivity index (χ1v) is 6.32. The van der Waals surface area contributed by atoms with E-state index in [0.29, 0.717) is 12.1 Å². The lowest BCUT2D eigenvalue weighted by Crippen LogP contribution is -2.52. The Hall–Kier alpha value is -0.160. The van der Waals surface area contributed by atoms with E-state index in [1.165, 1.54) is 25.9 Å². The number of likely N-dealkylation sites (tertiary alicyclic amines) is 2. The summed E-state index contributed by atoms with van der Waals surface area (Å²) in [5, 5.41) is 0. The highest BCUT2D eigenvalue weighted by atomic mass is 16.5. The largest absolute Gasteiger partial charge is 0.383 e. The van der Waals surface area contributed by atoms with E-state index in [1.54, 1.807) is 7.11 Å². The summed E-state index contributed by atoms with van der Waals surface area (Å²) >= 11 is 0. The second kappa shape index (κ2) is 5.96. The van der Waals surface area contributed by atoms with Crippen LogP contribution in [0.2, 0.25) is 0 Å². The third-order valence-corrected chi connectivity index (χ3v) is 3.90. The van der Waals surface area contributed by atoms with E-state index >= 15 is 0 Å². The first-order chi connectivity index (χ1) is 7.81. The van der Waals surface area contributed by atoms with Crippen molar-refractivity contribution >= 4 is 0 Å². The molecule has 2 fully saturated rings. The van der Waals surface area contributed by atoms with Crippen LogP contribution in [0, 0.1) is 0 Å². The van der Waals surface area contributed by atoms with Gasteiger partial charge in [-0.05, 0) is 26.4 Å². The molecule has 0 bridgehead atoms. The standard InChI is InChI=1S/C12H24N2O2/c1-13-5-3-11(13)10-16-8-7-14-6-4-12(14)9-15-2/h11-12H,3-10H2,1-2H3/t11-,12+/m1/s1. The van der Waals surface area contributed by atoms with Crippen LogP contribution in [0.15, 0.2) is 0 Å². The maximum Gasteiger partial charge on any atom is 0.0622 e. The maximum atomic E-state index is 5.72. The maximum absolute atomic E-state index is 5.72. The molecule has 2 aliphatic rings. The van der Waals surface area contributed by atoms with E-state index < -0.39 is 0 Å². The Balaban J connectivity index is 1.48. The molecule has 2 aliphatic heterocycles. The smallest absolute Gasteiger partial charge is 0.0622 e. The van der Waals surface area contributed by atoms with Crippen LogP contribution in [0.4, 0.5) is 0 Å². The highest BCUT2D eigenvalue weighted by Crippen LogP contribution is 2.17. The summed E-state index contributed by atoms with van der Waals surface area (Å²) in [6.45, 7) is 6.14. The Labute approximate surface area is 98.5 Å². The number of ether oxygens (including phenoxy) is 2. The van der Waals surface area contributed by atoms with Crippen molar-refractivity contribution in [3.05, 3.63) is 0 Å². The highest BCUT2D eigenvalue weighted by Gasteiger charge is 2.27. The van der Waals surface area contributed by atoms with Crippen molar-refractivity contribution in [1.29, 1.82) is 0 Å². The van der Waals surface area contributed by atoms with Gasteiger partial charge in [-0.15, -0.1) is 0 Å². The second-order valence-electron chi connectivity index (χ2n) is 4.93. The zero-order valence-corrected chi connectivity index (χ0v) is 10.5. The average Bonchev–Trinajstić information content (AvgIpc) is 2.26. The number of nitrogens with zero attached hydrogens (tertiary/aromatic N) is 2. The van der Waals surface area contributed by atoms with Gasteiger partial charge in [-0.1, -0.05) is 0 Å². The molecule has 0 amide bonds. The van der Waals surface area contributed by atoms with Crippen LogP contribution in [0.1, 0.15) is 12.8 Å². The third-order valence-electron chi connectivity index (χ3n) is 3.90. The van der Waals surface area contributed by atoms with Crippen LogP contribution >= 0.6 is 0 Å². The lowest BCUT2D eigenvalue weighted by atomic mass is 10.0. The molecule has 2 saturated heterocycles.